The third-order valence-electron chi connectivity index (χ3n) is 3.39. The van der Waals surface area contributed by atoms with Gasteiger partial charge >= 0.3 is 5.54 Å². The lowest BCUT2D eigenvalue weighted by molar-refractivity contribution is -0.607. The summed E-state index contributed by atoms with van der Waals surface area (Å²) in [6.07, 6.45) is 1.81. The van der Waals surface area contributed by atoms with Gasteiger partial charge in [0.2, 0.25) is 5.78 Å². The number of likely N-dealkylation sites (tertiary alicyclic amines) is 1. The zero-order valence-corrected chi connectivity index (χ0v) is 9.16. The highest BCUT2D eigenvalue weighted by molar-refractivity contribution is 5.98. The maximum atomic E-state index is 11.7. The summed E-state index contributed by atoms with van der Waals surface area (Å²) in [5, 5.41) is 22.2. The van der Waals surface area contributed by atoms with Crippen LogP contribution in [-0.4, -0.2) is 51.7 Å². The first kappa shape index (κ1) is 11.6. The molecule has 2 aliphatic rings. The Kier molecular flexibility index (Phi) is 2.28. The Morgan fingerprint density at radius 1 is 1.29 bits per heavy atom. The van der Waals surface area contributed by atoms with Gasteiger partial charge in [-0.05, 0) is 19.2 Å². The number of likely N-dealkylation sites (N-methyl/N-ethyl adjacent to an activating group) is 1. The van der Waals surface area contributed by atoms with Gasteiger partial charge in [-0.3, -0.25) is 29.9 Å². The van der Waals surface area contributed by atoms with Gasteiger partial charge in [-0.25, -0.2) is 0 Å². The van der Waals surface area contributed by atoms with Gasteiger partial charge in [0.05, 0.1) is 13.1 Å². The van der Waals surface area contributed by atoms with Gasteiger partial charge in [-0.2, -0.15) is 0 Å². The number of hydrogen-bond acceptors (Lipinski definition) is 6. The van der Waals surface area contributed by atoms with Crippen LogP contribution in [0.5, 0.6) is 0 Å². The van der Waals surface area contributed by atoms with E-state index in [1.165, 1.54) is 11.0 Å². The Labute approximate surface area is 96.2 Å². The third-order valence-corrected chi connectivity index (χ3v) is 3.39. The van der Waals surface area contributed by atoms with Gasteiger partial charge in [0.1, 0.15) is 6.42 Å². The molecular weight excluding hydrogens is 230 g/mol. The minimum absolute atomic E-state index is 0.0827. The first-order valence-corrected chi connectivity index (χ1v) is 5.04. The molecule has 2 bridgehead atoms. The van der Waals surface area contributed by atoms with Crippen LogP contribution in [-0.2, 0) is 4.79 Å². The molecule has 1 saturated heterocycles. The quantitative estimate of drug-likeness (QED) is 0.476. The van der Waals surface area contributed by atoms with Crippen LogP contribution in [0, 0.1) is 20.2 Å². The number of nitrogens with zero attached hydrogens (tertiary/aromatic N) is 3. The van der Waals surface area contributed by atoms with E-state index in [0.717, 1.165) is 6.08 Å². The Morgan fingerprint density at radius 2 is 1.94 bits per heavy atom. The zero-order chi connectivity index (χ0) is 12.8. The van der Waals surface area contributed by atoms with Crippen molar-refractivity contribution in [3.8, 4) is 0 Å². The van der Waals surface area contributed by atoms with E-state index < -0.39 is 26.7 Å². The number of carbonyl (C=O) groups excluding carboxylic acids is 1. The van der Waals surface area contributed by atoms with Crippen molar-refractivity contribution >= 4 is 5.78 Å². The lowest BCUT2D eigenvalue weighted by atomic mass is 9.71. The number of piperidine rings is 1. The topological polar surface area (TPSA) is 107 Å². The molecule has 0 aromatic rings. The molecule has 8 nitrogen and oxygen atoms in total. The van der Waals surface area contributed by atoms with Crippen LogP contribution in [0.4, 0.5) is 0 Å². The van der Waals surface area contributed by atoms with E-state index in [-0.39, 0.29) is 19.5 Å². The standard InChI is InChI=1S/C9H11N3O5/c1-10-5-8(11(14)15)3-2-7(13)9(4-8,6-10)12(16)17/h2-3H,4-6H2,1H3/t8-,9+/m0/s1. The second kappa shape index (κ2) is 3.33. The molecule has 2 rings (SSSR count). The van der Waals surface area contributed by atoms with E-state index in [1.54, 1.807) is 7.05 Å². The predicted octanol–water partition coefficient (Wildman–Crippen LogP) is -0.508. The number of rotatable bonds is 2. The van der Waals surface area contributed by atoms with Crippen molar-refractivity contribution in [2.75, 3.05) is 20.1 Å². The molecule has 8 heteroatoms. The summed E-state index contributed by atoms with van der Waals surface area (Å²) in [6, 6.07) is 0. The summed E-state index contributed by atoms with van der Waals surface area (Å²) in [5.74, 6) is -0.661. The van der Waals surface area contributed by atoms with Crippen molar-refractivity contribution in [3.05, 3.63) is 32.4 Å². The first-order chi connectivity index (χ1) is 7.82. The minimum Gasteiger partial charge on any atom is -0.292 e. The molecule has 1 heterocycles. The number of hydrogen-bond donors (Lipinski definition) is 0. The fraction of sp³-hybridized carbons (Fsp3) is 0.667. The Hall–Kier alpha value is -1.83. The van der Waals surface area contributed by atoms with Gasteiger partial charge in [0, 0.05) is 9.85 Å². The highest BCUT2D eigenvalue weighted by Crippen LogP contribution is 2.38. The number of carbonyl (C=O) groups is 1. The zero-order valence-electron chi connectivity index (χ0n) is 9.16. The van der Waals surface area contributed by atoms with E-state index in [0.29, 0.717) is 0 Å². The van der Waals surface area contributed by atoms with Gasteiger partial charge in [-0.1, -0.05) is 0 Å². The van der Waals surface area contributed by atoms with Crippen LogP contribution < -0.4 is 0 Å². The van der Waals surface area contributed by atoms with Crippen molar-refractivity contribution in [2.24, 2.45) is 0 Å². The van der Waals surface area contributed by atoms with Crippen LogP contribution in [0.1, 0.15) is 6.42 Å². The molecule has 0 unspecified atom stereocenters. The molecule has 92 valence electrons. The Bertz CT molecular complexity index is 448. The summed E-state index contributed by atoms with van der Waals surface area (Å²) in [7, 11) is 1.54. The molecular formula is C9H11N3O5. The normalized spacial score (nSPS) is 36.9. The molecule has 0 spiro atoms. The summed E-state index contributed by atoms with van der Waals surface area (Å²) in [6.45, 7) is -0.00185. The maximum absolute atomic E-state index is 11.7. The van der Waals surface area contributed by atoms with E-state index in [2.05, 4.69) is 0 Å². The number of fused-ring (bicyclic) bond motifs is 2. The predicted molar refractivity (Wildman–Crippen MR) is 55.7 cm³/mol. The van der Waals surface area contributed by atoms with Gasteiger partial charge in [0.25, 0.3) is 5.54 Å². The molecule has 0 N–H and O–H groups in total. The molecule has 17 heavy (non-hydrogen) atoms. The highest BCUT2D eigenvalue weighted by atomic mass is 16.6. The van der Waals surface area contributed by atoms with Crippen molar-refractivity contribution in [2.45, 2.75) is 17.5 Å². The third kappa shape index (κ3) is 1.44. The van der Waals surface area contributed by atoms with Gasteiger partial charge < -0.3 is 0 Å². The largest absolute Gasteiger partial charge is 0.302 e. The molecule has 2 atom stereocenters. The van der Waals surface area contributed by atoms with Crippen molar-refractivity contribution in [3.63, 3.8) is 0 Å². The van der Waals surface area contributed by atoms with Crippen LogP contribution >= 0.6 is 0 Å². The molecule has 1 fully saturated rings. The maximum Gasteiger partial charge on any atom is 0.302 e. The molecule has 0 aromatic carbocycles. The van der Waals surface area contributed by atoms with E-state index in [9.17, 15) is 25.0 Å². The van der Waals surface area contributed by atoms with E-state index >= 15 is 0 Å². The fourth-order valence-electron chi connectivity index (χ4n) is 2.65. The molecule has 0 amide bonds. The summed E-state index contributed by atoms with van der Waals surface area (Å²) < 4.78 is 0. The average Bonchev–Trinajstić information content (AvgIpc) is 2.23. The summed E-state index contributed by atoms with van der Waals surface area (Å²) in [5.41, 5.74) is -3.39. The summed E-state index contributed by atoms with van der Waals surface area (Å²) in [4.78, 5) is 34.2. The molecule has 0 radical (unpaired) electrons. The van der Waals surface area contributed by atoms with E-state index in [4.69, 9.17) is 0 Å². The Morgan fingerprint density at radius 3 is 2.47 bits per heavy atom. The van der Waals surface area contributed by atoms with E-state index in [1.807, 2.05) is 0 Å². The molecule has 0 saturated carbocycles. The Balaban J connectivity index is 2.56. The molecule has 1 aliphatic carbocycles. The molecule has 0 aromatic heterocycles. The lowest BCUT2D eigenvalue weighted by Crippen LogP contribution is -2.68. The second-order valence-electron chi connectivity index (χ2n) is 4.70. The van der Waals surface area contributed by atoms with Gasteiger partial charge in [0.15, 0.2) is 0 Å². The van der Waals surface area contributed by atoms with Crippen LogP contribution in [0.3, 0.4) is 0 Å². The second-order valence-corrected chi connectivity index (χ2v) is 4.70. The SMILES string of the molecule is CN1C[C@]2([N+](=O)[O-])C=CC(=O)[C@]([N+](=O)[O-])(C1)C2. The van der Waals surface area contributed by atoms with Crippen LogP contribution in [0.25, 0.3) is 0 Å². The first-order valence-electron chi connectivity index (χ1n) is 5.04. The lowest BCUT2D eigenvalue weighted by Gasteiger charge is -2.41. The number of nitro groups is 2. The fourth-order valence-corrected chi connectivity index (χ4v) is 2.65. The highest BCUT2D eigenvalue weighted by Gasteiger charge is 2.66. The minimum atomic E-state index is -1.87. The average molecular weight is 241 g/mol. The number of ketones is 1. The van der Waals surface area contributed by atoms with Crippen molar-refractivity contribution in [1.29, 1.82) is 0 Å². The monoisotopic (exact) mass is 241 g/mol. The van der Waals surface area contributed by atoms with Crippen LogP contribution in [0.15, 0.2) is 12.2 Å². The summed E-state index contributed by atoms with van der Waals surface area (Å²) >= 11 is 0. The molecule has 1 aliphatic heterocycles. The van der Waals surface area contributed by atoms with Crippen molar-refractivity contribution in [1.82, 2.24) is 4.90 Å². The smallest absolute Gasteiger partial charge is 0.292 e. The van der Waals surface area contributed by atoms with Gasteiger partial charge in [-0.15, -0.1) is 0 Å². The van der Waals surface area contributed by atoms with Crippen LogP contribution in [0.2, 0.25) is 0 Å². The van der Waals surface area contributed by atoms with Crippen molar-refractivity contribution < 1.29 is 14.6 Å².